The minimum absolute atomic E-state index is 0.308. The lowest BCUT2D eigenvalue weighted by Crippen LogP contribution is -2.49. The van der Waals surface area contributed by atoms with E-state index in [9.17, 15) is 18.3 Å². The fourth-order valence-corrected chi connectivity index (χ4v) is 4.53. The Kier molecular flexibility index (Phi) is 5.14. The van der Waals surface area contributed by atoms with Crippen LogP contribution in [0.3, 0.4) is 0 Å². The Balaban J connectivity index is 1.68. The maximum absolute atomic E-state index is 13.0. The molecule has 0 aliphatic carbocycles. The van der Waals surface area contributed by atoms with E-state index in [-0.39, 0.29) is 0 Å². The molecule has 0 unspecified atom stereocenters. The number of likely N-dealkylation sites (N-methyl/N-ethyl adjacent to an activating group) is 1. The molecule has 2 aliphatic heterocycles. The van der Waals surface area contributed by atoms with Gasteiger partial charge in [-0.05, 0) is 75.5 Å². The van der Waals surface area contributed by atoms with Crippen molar-refractivity contribution < 1.29 is 18.3 Å². The number of benzene rings is 1. The SMILES string of the molecule is Cc1cc(C(F)(F)F)cc(O)c1-c1cc2c(nn1)N([C@@H]1CCCN(C)C1)CCC2. The lowest BCUT2D eigenvalue weighted by molar-refractivity contribution is -0.137. The molecule has 0 radical (unpaired) electrons. The Morgan fingerprint density at radius 1 is 1.10 bits per heavy atom. The number of rotatable bonds is 2. The number of hydrogen-bond donors (Lipinski definition) is 1. The summed E-state index contributed by atoms with van der Waals surface area (Å²) in [5.74, 6) is 0.442. The van der Waals surface area contributed by atoms with E-state index in [0.29, 0.717) is 22.9 Å². The van der Waals surface area contributed by atoms with Gasteiger partial charge >= 0.3 is 6.18 Å². The molecule has 1 fully saturated rings. The Morgan fingerprint density at radius 2 is 1.90 bits per heavy atom. The van der Waals surface area contributed by atoms with Gasteiger partial charge in [0, 0.05) is 24.7 Å². The van der Waals surface area contributed by atoms with Crippen molar-refractivity contribution in [2.75, 3.05) is 31.6 Å². The normalized spacial score (nSPS) is 20.6. The van der Waals surface area contributed by atoms with Gasteiger partial charge in [-0.1, -0.05) is 0 Å². The van der Waals surface area contributed by atoms with Crippen LogP contribution < -0.4 is 4.90 Å². The summed E-state index contributed by atoms with van der Waals surface area (Å²) in [5, 5.41) is 19.0. The summed E-state index contributed by atoms with van der Waals surface area (Å²) in [6.07, 6.45) is -0.396. The van der Waals surface area contributed by atoms with Gasteiger partial charge in [0.2, 0.25) is 0 Å². The zero-order valence-electron chi connectivity index (χ0n) is 16.6. The molecule has 5 nitrogen and oxygen atoms in total. The highest BCUT2D eigenvalue weighted by Gasteiger charge is 2.33. The summed E-state index contributed by atoms with van der Waals surface area (Å²) in [7, 11) is 2.13. The number of halogens is 3. The Hall–Kier alpha value is -2.35. The van der Waals surface area contributed by atoms with E-state index >= 15 is 0 Å². The number of aromatic nitrogens is 2. The van der Waals surface area contributed by atoms with Crippen molar-refractivity contribution >= 4 is 5.82 Å². The Morgan fingerprint density at radius 3 is 2.59 bits per heavy atom. The van der Waals surface area contributed by atoms with Crippen LogP contribution in [-0.2, 0) is 12.6 Å². The minimum atomic E-state index is -4.50. The number of likely N-dealkylation sites (tertiary alicyclic amines) is 1. The first-order valence-electron chi connectivity index (χ1n) is 9.97. The van der Waals surface area contributed by atoms with Crippen molar-refractivity contribution in [1.82, 2.24) is 15.1 Å². The zero-order valence-corrected chi connectivity index (χ0v) is 16.6. The number of piperidine rings is 1. The molecule has 2 aliphatic rings. The van der Waals surface area contributed by atoms with Crippen LogP contribution in [0.2, 0.25) is 0 Å². The topological polar surface area (TPSA) is 52.5 Å². The van der Waals surface area contributed by atoms with Crippen molar-refractivity contribution in [3.05, 3.63) is 34.9 Å². The molecule has 4 rings (SSSR count). The average Bonchev–Trinajstić information content (AvgIpc) is 2.66. The maximum Gasteiger partial charge on any atom is 0.416 e. The summed E-state index contributed by atoms with van der Waals surface area (Å²) in [6.45, 7) is 4.58. The van der Waals surface area contributed by atoms with Crippen LogP contribution in [0, 0.1) is 6.92 Å². The Bertz CT molecular complexity index is 892. The molecule has 0 saturated carbocycles. The van der Waals surface area contributed by atoms with Gasteiger partial charge < -0.3 is 14.9 Å². The predicted molar refractivity (Wildman–Crippen MR) is 105 cm³/mol. The third-order valence-corrected chi connectivity index (χ3v) is 5.91. The molecule has 1 saturated heterocycles. The largest absolute Gasteiger partial charge is 0.507 e. The van der Waals surface area contributed by atoms with Crippen LogP contribution in [0.15, 0.2) is 18.2 Å². The molecule has 0 amide bonds. The monoisotopic (exact) mass is 406 g/mol. The van der Waals surface area contributed by atoms with Crippen molar-refractivity contribution in [1.29, 1.82) is 0 Å². The first-order chi connectivity index (χ1) is 13.7. The quantitative estimate of drug-likeness (QED) is 0.816. The minimum Gasteiger partial charge on any atom is -0.507 e. The van der Waals surface area contributed by atoms with Gasteiger partial charge in [-0.3, -0.25) is 0 Å². The van der Waals surface area contributed by atoms with Gasteiger partial charge in [0.15, 0.2) is 5.82 Å². The zero-order chi connectivity index (χ0) is 20.8. The van der Waals surface area contributed by atoms with Crippen LogP contribution in [-0.4, -0.2) is 52.9 Å². The summed E-state index contributed by atoms with van der Waals surface area (Å²) < 4.78 is 39.0. The smallest absolute Gasteiger partial charge is 0.416 e. The number of phenols is 1. The van der Waals surface area contributed by atoms with E-state index in [4.69, 9.17) is 0 Å². The summed E-state index contributed by atoms with van der Waals surface area (Å²) in [4.78, 5) is 4.65. The van der Waals surface area contributed by atoms with E-state index in [2.05, 4.69) is 27.0 Å². The first-order valence-corrected chi connectivity index (χ1v) is 9.97. The maximum atomic E-state index is 13.0. The number of phenolic OH excluding ortho intramolecular Hbond substituents is 1. The molecule has 3 heterocycles. The highest BCUT2D eigenvalue weighted by atomic mass is 19.4. The van der Waals surface area contributed by atoms with Gasteiger partial charge in [-0.15, -0.1) is 10.2 Å². The van der Waals surface area contributed by atoms with Gasteiger partial charge in [0.1, 0.15) is 5.75 Å². The van der Waals surface area contributed by atoms with Gasteiger partial charge in [0.05, 0.1) is 11.3 Å². The lowest BCUT2D eigenvalue weighted by atomic mass is 9.96. The van der Waals surface area contributed by atoms with Crippen molar-refractivity contribution in [3.8, 4) is 17.0 Å². The molecule has 29 heavy (non-hydrogen) atoms. The van der Waals surface area contributed by atoms with E-state index in [1.807, 2.05) is 6.07 Å². The van der Waals surface area contributed by atoms with E-state index in [0.717, 1.165) is 68.8 Å². The number of anilines is 1. The molecule has 0 spiro atoms. The molecule has 1 aromatic heterocycles. The molecule has 1 aromatic carbocycles. The average molecular weight is 406 g/mol. The van der Waals surface area contributed by atoms with Crippen LogP contribution in [0.25, 0.3) is 11.3 Å². The Labute approximate surface area is 168 Å². The van der Waals surface area contributed by atoms with Crippen LogP contribution >= 0.6 is 0 Å². The van der Waals surface area contributed by atoms with E-state index in [1.165, 1.54) is 0 Å². The third-order valence-electron chi connectivity index (χ3n) is 5.91. The van der Waals surface area contributed by atoms with Gasteiger partial charge in [0.25, 0.3) is 0 Å². The number of nitrogens with zero attached hydrogens (tertiary/aromatic N) is 4. The van der Waals surface area contributed by atoms with Crippen molar-refractivity contribution in [2.24, 2.45) is 0 Å². The highest BCUT2D eigenvalue weighted by Crippen LogP contribution is 2.39. The number of alkyl halides is 3. The van der Waals surface area contributed by atoms with Gasteiger partial charge in [-0.25, -0.2) is 0 Å². The molecule has 156 valence electrons. The summed E-state index contributed by atoms with van der Waals surface area (Å²) in [6, 6.07) is 4.07. The number of aromatic hydroxyl groups is 1. The molecular weight excluding hydrogens is 381 g/mol. The van der Waals surface area contributed by atoms with Crippen LogP contribution in [0.4, 0.5) is 19.0 Å². The molecule has 1 atom stereocenters. The second kappa shape index (κ2) is 7.48. The fourth-order valence-electron chi connectivity index (χ4n) is 4.53. The molecule has 2 aromatic rings. The van der Waals surface area contributed by atoms with Crippen molar-refractivity contribution in [2.45, 2.75) is 44.8 Å². The fraction of sp³-hybridized carbons (Fsp3) is 0.524. The lowest BCUT2D eigenvalue weighted by Gasteiger charge is -2.41. The number of hydrogen-bond acceptors (Lipinski definition) is 5. The summed E-state index contributed by atoms with van der Waals surface area (Å²) in [5.41, 5.74) is 1.22. The molecular formula is C21H25F3N4O. The predicted octanol–water partition coefficient (Wildman–Crippen LogP) is 4.02. The van der Waals surface area contributed by atoms with Gasteiger partial charge in [-0.2, -0.15) is 13.2 Å². The molecule has 8 heteroatoms. The van der Waals surface area contributed by atoms with E-state index < -0.39 is 17.5 Å². The van der Waals surface area contributed by atoms with Crippen molar-refractivity contribution in [3.63, 3.8) is 0 Å². The van der Waals surface area contributed by atoms with Crippen LogP contribution in [0.5, 0.6) is 5.75 Å². The number of fused-ring (bicyclic) bond motifs is 1. The van der Waals surface area contributed by atoms with E-state index in [1.54, 1.807) is 6.92 Å². The number of aryl methyl sites for hydroxylation is 2. The highest BCUT2D eigenvalue weighted by molar-refractivity contribution is 5.72. The molecule has 1 N–H and O–H groups in total. The second-order valence-electron chi connectivity index (χ2n) is 8.12. The standard InChI is InChI=1S/C21H25F3N4O/c1-13-9-15(21(22,23)24)11-18(29)19(13)17-10-14-5-3-8-28(20(14)26-25-17)16-6-4-7-27(2)12-16/h9-11,16,29H,3-8,12H2,1-2H3/t16-/m1/s1. The second-order valence-corrected chi connectivity index (χ2v) is 8.12. The third kappa shape index (κ3) is 3.90. The summed E-state index contributed by atoms with van der Waals surface area (Å²) >= 11 is 0. The molecule has 0 bridgehead atoms. The first kappa shape index (κ1) is 19.9. The van der Waals surface area contributed by atoms with Crippen LogP contribution in [0.1, 0.15) is 36.0 Å².